The maximum Gasteiger partial charge on any atom is 0.309 e. The normalized spacial score (nSPS) is 20.0. The molecule has 6 heteroatoms. The highest BCUT2D eigenvalue weighted by molar-refractivity contribution is 5.80. The van der Waals surface area contributed by atoms with Gasteiger partial charge in [0, 0.05) is 26.7 Å². The molecule has 0 aromatic heterocycles. The van der Waals surface area contributed by atoms with Crippen LogP contribution in [0, 0.1) is 12.8 Å². The molecule has 0 amide bonds. The molecule has 1 N–H and O–H groups in total. The Balaban J connectivity index is 1.59. The smallest absolute Gasteiger partial charge is 0.309 e. The molecule has 1 unspecified atom stereocenters. The minimum atomic E-state index is -0.0523. The summed E-state index contributed by atoms with van der Waals surface area (Å²) in [5.41, 5.74) is 2.66. The van der Waals surface area contributed by atoms with Crippen molar-refractivity contribution < 1.29 is 9.53 Å². The van der Waals surface area contributed by atoms with E-state index in [4.69, 9.17) is 4.74 Å². The number of ether oxygens (including phenoxy) is 1. The molecule has 1 aromatic carbocycles. The monoisotopic (exact) mass is 400 g/mol. The fourth-order valence-electron chi connectivity index (χ4n) is 4.41. The lowest BCUT2D eigenvalue weighted by atomic mass is 9.97. The van der Waals surface area contributed by atoms with Gasteiger partial charge < -0.3 is 15.0 Å². The van der Waals surface area contributed by atoms with Crippen molar-refractivity contribution in [2.45, 2.75) is 45.6 Å². The van der Waals surface area contributed by atoms with Crippen LogP contribution >= 0.6 is 0 Å². The van der Waals surface area contributed by atoms with Gasteiger partial charge in [-0.1, -0.05) is 29.8 Å². The lowest BCUT2D eigenvalue weighted by Gasteiger charge is -2.35. The summed E-state index contributed by atoms with van der Waals surface area (Å²) in [7, 11) is 1.84. The number of aryl methyl sites for hydroxylation is 1. The van der Waals surface area contributed by atoms with E-state index in [0.717, 1.165) is 51.5 Å². The number of hydrogen-bond donors (Lipinski definition) is 1. The number of benzene rings is 1. The first-order valence-corrected chi connectivity index (χ1v) is 11.0. The Kier molecular flexibility index (Phi) is 7.92. The Bertz CT molecular complexity index is 675. The molecule has 160 valence electrons. The van der Waals surface area contributed by atoms with Crippen molar-refractivity contribution in [3.63, 3.8) is 0 Å². The standard InChI is InChI=1S/C23H36N4O2/c1-4-29-22(28)20-11-15-27(16-12-20)23(24-3)25-17-21(26-13-5-6-14-26)19-9-7-18(2)8-10-19/h7-10,20-21H,4-6,11-17H2,1-3H3,(H,24,25). The molecule has 0 spiro atoms. The summed E-state index contributed by atoms with van der Waals surface area (Å²) < 4.78 is 5.19. The minimum Gasteiger partial charge on any atom is -0.466 e. The van der Waals surface area contributed by atoms with Crippen molar-refractivity contribution in [3.05, 3.63) is 35.4 Å². The predicted octanol–water partition coefficient (Wildman–Crippen LogP) is 2.98. The van der Waals surface area contributed by atoms with E-state index < -0.39 is 0 Å². The van der Waals surface area contributed by atoms with Crippen LogP contribution in [0.15, 0.2) is 29.3 Å². The number of guanidine groups is 1. The van der Waals surface area contributed by atoms with E-state index in [1.807, 2.05) is 14.0 Å². The van der Waals surface area contributed by atoms with Crippen LogP contribution in [0.3, 0.4) is 0 Å². The SMILES string of the molecule is CCOC(=O)C1CCN(C(=NC)NCC(c2ccc(C)cc2)N2CCCC2)CC1. The Morgan fingerprint density at radius 2 is 1.83 bits per heavy atom. The topological polar surface area (TPSA) is 57.2 Å². The summed E-state index contributed by atoms with van der Waals surface area (Å²) in [6, 6.07) is 9.27. The van der Waals surface area contributed by atoms with Crippen LogP contribution in [0.2, 0.25) is 0 Å². The van der Waals surface area contributed by atoms with E-state index in [1.165, 1.54) is 24.0 Å². The largest absolute Gasteiger partial charge is 0.466 e. The van der Waals surface area contributed by atoms with Crippen molar-refractivity contribution in [1.29, 1.82) is 0 Å². The Labute approximate surface area is 175 Å². The molecule has 2 aliphatic heterocycles. The summed E-state index contributed by atoms with van der Waals surface area (Å²) in [5, 5.41) is 3.62. The lowest BCUT2D eigenvalue weighted by molar-refractivity contribution is -0.149. The molecule has 2 fully saturated rings. The number of hydrogen-bond acceptors (Lipinski definition) is 4. The van der Waals surface area contributed by atoms with E-state index in [2.05, 4.69) is 51.3 Å². The van der Waals surface area contributed by atoms with Crippen molar-refractivity contribution in [3.8, 4) is 0 Å². The Morgan fingerprint density at radius 1 is 1.17 bits per heavy atom. The van der Waals surface area contributed by atoms with Crippen molar-refractivity contribution >= 4 is 11.9 Å². The molecule has 0 saturated carbocycles. The molecular formula is C23H36N4O2. The summed E-state index contributed by atoms with van der Waals surface area (Å²) >= 11 is 0. The summed E-state index contributed by atoms with van der Waals surface area (Å²) in [6.45, 7) is 9.28. The Morgan fingerprint density at radius 3 is 2.41 bits per heavy atom. The highest BCUT2D eigenvalue weighted by atomic mass is 16.5. The van der Waals surface area contributed by atoms with Gasteiger partial charge in [-0.05, 0) is 58.2 Å². The molecule has 2 heterocycles. The van der Waals surface area contributed by atoms with Gasteiger partial charge in [-0.2, -0.15) is 0 Å². The fraction of sp³-hybridized carbons (Fsp3) is 0.652. The number of aliphatic imine (C=N–C) groups is 1. The van der Waals surface area contributed by atoms with Crippen LogP contribution in [0.1, 0.15) is 49.8 Å². The number of esters is 1. The van der Waals surface area contributed by atoms with Gasteiger partial charge in [0.25, 0.3) is 0 Å². The Hall–Kier alpha value is -2.08. The number of rotatable bonds is 6. The third-order valence-electron chi connectivity index (χ3n) is 6.12. The van der Waals surface area contributed by atoms with Gasteiger partial charge in [-0.25, -0.2) is 0 Å². The second-order valence-electron chi connectivity index (χ2n) is 8.11. The molecule has 29 heavy (non-hydrogen) atoms. The predicted molar refractivity (Wildman–Crippen MR) is 117 cm³/mol. The van der Waals surface area contributed by atoms with Gasteiger partial charge in [0.05, 0.1) is 18.6 Å². The second kappa shape index (κ2) is 10.6. The quantitative estimate of drug-likeness (QED) is 0.452. The van der Waals surface area contributed by atoms with E-state index in [-0.39, 0.29) is 11.9 Å². The van der Waals surface area contributed by atoms with Gasteiger partial charge in [0.15, 0.2) is 5.96 Å². The van der Waals surface area contributed by atoms with Crippen molar-refractivity contribution in [1.82, 2.24) is 15.1 Å². The van der Waals surface area contributed by atoms with Crippen LogP contribution in [-0.2, 0) is 9.53 Å². The van der Waals surface area contributed by atoms with Gasteiger partial charge in [0.1, 0.15) is 0 Å². The highest BCUT2D eigenvalue weighted by Crippen LogP contribution is 2.25. The number of nitrogens with one attached hydrogen (secondary N) is 1. The third-order valence-corrected chi connectivity index (χ3v) is 6.12. The molecule has 0 aliphatic carbocycles. The maximum atomic E-state index is 12.0. The van der Waals surface area contributed by atoms with Crippen molar-refractivity contribution in [2.24, 2.45) is 10.9 Å². The van der Waals surface area contributed by atoms with E-state index in [1.54, 1.807) is 0 Å². The van der Waals surface area contributed by atoms with Crippen LogP contribution in [-0.4, -0.2) is 68.1 Å². The molecular weight excluding hydrogens is 364 g/mol. The first-order valence-electron chi connectivity index (χ1n) is 11.0. The molecule has 2 aliphatic rings. The van der Waals surface area contributed by atoms with Crippen LogP contribution < -0.4 is 5.32 Å². The summed E-state index contributed by atoms with van der Waals surface area (Å²) in [4.78, 5) is 21.4. The van der Waals surface area contributed by atoms with Crippen LogP contribution in [0.4, 0.5) is 0 Å². The average molecular weight is 401 g/mol. The zero-order valence-electron chi connectivity index (χ0n) is 18.2. The number of carbonyl (C=O) groups excluding carboxylic acids is 1. The summed E-state index contributed by atoms with van der Waals surface area (Å²) in [5.74, 6) is 0.904. The summed E-state index contributed by atoms with van der Waals surface area (Å²) in [6.07, 6.45) is 4.21. The number of piperidine rings is 1. The van der Waals surface area contributed by atoms with E-state index >= 15 is 0 Å². The zero-order valence-corrected chi connectivity index (χ0v) is 18.2. The molecule has 6 nitrogen and oxygen atoms in total. The number of likely N-dealkylation sites (tertiary alicyclic amines) is 2. The van der Waals surface area contributed by atoms with E-state index in [9.17, 15) is 4.79 Å². The first-order chi connectivity index (χ1) is 14.1. The van der Waals surface area contributed by atoms with Gasteiger partial charge in [-0.15, -0.1) is 0 Å². The number of nitrogens with zero attached hydrogens (tertiary/aromatic N) is 3. The molecule has 0 radical (unpaired) electrons. The molecule has 2 saturated heterocycles. The van der Waals surface area contributed by atoms with Gasteiger partial charge >= 0.3 is 5.97 Å². The fourth-order valence-corrected chi connectivity index (χ4v) is 4.41. The van der Waals surface area contributed by atoms with Gasteiger partial charge in [0.2, 0.25) is 0 Å². The first kappa shape index (κ1) is 21.6. The lowest BCUT2D eigenvalue weighted by Crippen LogP contribution is -2.48. The molecule has 1 aromatic rings. The molecule has 1 atom stereocenters. The van der Waals surface area contributed by atoms with Crippen LogP contribution in [0.5, 0.6) is 0 Å². The minimum absolute atomic E-state index is 0.0224. The number of carbonyl (C=O) groups is 1. The van der Waals surface area contributed by atoms with Crippen LogP contribution in [0.25, 0.3) is 0 Å². The molecule has 3 rings (SSSR count). The zero-order chi connectivity index (χ0) is 20.6. The maximum absolute atomic E-state index is 12.0. The van der Waals surface area contributed by atoms with E-state index in [0.29, 0.717) is 12.6 Å². The van der Waals surface area contributed by atoms with Crippen molar-refractivity contribution in [2.75, 3.05) is 46.4 Å². The van der Waals surface area contributed by atoms with Gasteiger partial charge in [-0.3, -0.25) is 14.7 Å². The molecule has 0 bridgehead atoms. The average Bonchev–Trinajstić information content (AvgIpc) is 3.27. The highest BCUT2D eigenvalue weighted by Gasteiger charge is 2.28. The second-order valence-corrected chi connectivity index (χ2v) is 8.11. The third kappa shape index (κ3) is 5.72.